The number of anilines is 3. The van der Waals surface area contributed by atoms with Crippen LogP contribution in [-0.4, -0.2) is 50.8 Å². The number of fused-ring (bicyclic) bond motifs is 1. The summed E-state index contributed by atoms with van der Waals surface area (Å²) in [5, 5.41) is 7.44. The van der Waals surface area contributed by atoms with E-state index in [1.165, 1.54) is 0 Å². The highest BCUT2D eigenvalue weighted by atomic mass is 16.3. The van der Waals surface area contributed by atoms with E-state index in [9.17, 15) is 0 Å². The lowest BCUT2D eigenvalue weighted by atomic mass is 9.83. The lowest BCUT2D eigenvalue weighted by molar-refractivity contribution is 0.257. The normalized spacial score (nSPS) is 24.2. The summed E-state index contributed by atoms with van der Waals surface area (Å²) >= 11 is 0. The Labute approximate surface area is 170 Å². The third kappa shape index (κ3) is 3.48. The first-order chi connectivity index (χ1) is 14.0. The second kappa shape index (κ2) is 6.88. The lowest BCUT2D eigenvalue weighted by Crippen LogP contribution is -2.32. The highest BCUT2D eigenvalue weighted by Crippen LogP contribution is 2.44. The first-order valence-corrected chi connectivity index (χ1v) is 10.1. The summed E-state index contributed by atoms with van der Waals surface area (Å²) in [6.07, 6.45) is 7.35. The Bertz CT molecular complexity index is 998. The van der Waals surface area contributed by atoms with Crippen LogP contribution in [0.25, 0.3) is 0 Å². The zero-order valence-corrected chi connectivity index (χ0v) is 17.2. The molecule has 1 N–H and O–H groups in total. The Balaban J connectivity index is 1.30. The van der Waals surface area contributed by atoms with Gasteiger partial charge >= 0.3 is 0 Å². The van der Waals surface area contributed by atoms with E-state index in [1.807, 2.05) is 25.5 Å². The molecule has 152 valence electrons. The van der Waals surface area contributed by atoms with Gasteiger partial charge in [0, 0.05) is 56.6 Å². The second-order valence-electron chi connectivity index (χ2n) is 8.71. The van der Waals surface area contributed by atoms with Gasteiger partial charge in [-0.1, -0.05) is 6.92 Å². The standard InChI is InChI=1S/C21H27N7O/c1-15-7-22-20(24-17-8-23-26(3)11-17)25-19(15)28-10-16-9-27(13-21(16,2)14-28)12-18-5-4-6-29-18/h4-8,11,16H,9-10,12-14H2,1-3H3,(H,22,24,25)/t16-,21+/m0/s1. The largest absolute Gasteiger partial charge is 0.468 e. The van der Waals surface area contributed by atoms with Crippen molar-refractivity contribution < 1.29 is 4.42 Å². The zero-order chi connectivity index (χ0) is 20.0. The minimum atomic E-state index is 0.265. The fourth-order valence-corrected chi connectivity index (χ4v) is 4.79. The maximum atomic E-state index is 5.54. The first kappa shape index (κ1) is 18.2. The van der Waals surface area contributed by atoms with Crippen molar-refractivity contribution in [3.05, 3.63) is 48.3 Å². The minimum Gasteiger partial charge on any atom is -0.468 e. The SMILES string of the molecule is Cc1cnc(Nc2cnn(C)c2)nc1N1C[C@@H]2CN(Cc3ccco3)C[C@]2(C)C1. The van der Waals surface area contributed by atoms with Gasteiger partial charge < -0.3 is 14.6 Å². The van der Waals surface area contributed by atoms with Gasteiger partial charge in [0.25, 0.3) is 0 Å². The number of nitrogens with one attached hydrogen (secondary N) is 1. The average molecular weight is 393 g/mol. The molecule has 0 spiro atoms. The molecule has 3 aromatic heterocycles. The number of nitrogens with zero attached hydrogens (tertiary/aromatic N) is 6. The van der Waals surface area contributed by atoms with Crippen molar-refractivity contribution in [3.8, 4) is 0 Å². The molecular weight excluding hydrogens is 366 g/mol. The van der Waals surface area contributed by atoms with Gasteiger partial charge in [-0.25, -0.2) is 4.98 Å². The van der Waals surface area contributed by atoms with E-state index < -0.39 is 0 Å². The van der Waals surface area contributed by atoms with Gasteiger partial charge in [-0.15, -0.1) is 0 Å². The quantitative estimate of drug-likeness (QED) is 0.714. The van der Waals surface area contributed by atoms with E-state index in [4.69, 9.17) is 9.40 Å². The molecular formula is C21H27N7O. The summed E-state index contributed by atoms with van der Waals surface area (Å²) in [6.45, 7) is 9.60. The van der Waals surface area contributed by atoms with Gasteiger partial charge in [0.1, 0.15) is 11.6 Å². The van der Waals surface area contributed by atoms with Crippen molar-refractivity contribution in [2.75, 3.05) is 36.4 Å². The predicted octanol–water partition coefficient (Wildman–Crippen LogP) is 2.81. The number of aryl methyl sites for hydroxylation is 2. The second-order valence-corrected chi connectivity index (χ2v) is 8.71. The lowest BCUT2D eigenvalue weighted by Gasteiger charge is -2.26. The molecule has 2 aliphatic rings. The molecule has 0 bridgehead atoms. The van der Waals surface area contributed by atoms with Crippen LogP contribution in [0, 0.1) is 18.3 Å². The average Bonchev–Trinajstić information content (AvgIpc) is 3.42. The fourth-order valence-electron chi connectivity index (χ4n) is 4.79. The molecule has 0 amide bonds. The topological polar surface area (TPSA) is 75.2 Å². The van der Waals surface area contributed by atoms with Gasteiger partial charge in [0.15, 0.2) is 0 Å². The van der Waals surface area contributed by atoms with Crippen molar-refractivity contribution in [3.63, 3.8) is 0 Å². The van der Waals surface area contributed by atoms with Gasteiger partial charge in [0.2, 0.25) is 5.95 Å². The van der Waals surface area contributed by atoms with E-state index in [2.05, 4.69) is 45.1 Å². The summed E-state index contributed by atoms with van der Waals surface area (Å²) in [4.78, 5) is 14.2. The molecule has 2 atom stereocenters. The summed E-state index contributed by atoms with van der Waals surface area (Å²) in [7, 11) is 1.89. The van der Waals surface area contributed by atoms with Crippen LogP contribution < -0.4 is 10.2 Å². The Morgan fingerprint density at radius 1 is 1.28 bits per heavy atom. The van der Waals surface area contributed by atoms with E-state index in [0.29, 0.717) is 11.9 Å². The summed E-state index contributed by atoms with van der Waals surface area (Å²) in [5.74, 6) is 3.31. The van der Waals surface area contributed by atoms with Crippen LogP contribution in [0.3, 0.4) is 0 Å². The van der Waals surface area contributed by atoms with Crippen LogP contribution in [0.2, 0.25) is 0 Å². The highest BCUT2D eigenvalue weighted by Gasteiger charge is 2.49. The molecule has 2 aliphatic heterocycles. The van der Waals surface area contributed by atoms with Crippen molar-refractivity contribution >= 4 is 17.5 Å². The molecule has 8 heteroatoms. The van der Waals surface area contributed by atoms with Crippen LogP contribution in [-0.2, 0) is 13.6 Å². The maximum Gasteiger partial charge on any atom is 0.229 e. The number of likely N-dealkylation sites (tertiary alicyclic amines) is 1. The maximum absolute atomic E-state index is 5.54. The third-order valence-electron chi connectivity index (χ3n) is 6.21. The molecule has 2 saturated heterocycles. The molecule has 3 aromatic rings. The van der Waals surface area contributed by atoms with Crippen molar-refractivity contribution in [1.82, 2.24) is 24.6 Å². The monoisotopic (exact) mass is 393 g/mol. The summed E-state index contributed by atoms with van der Waals surface area (Å²) < 4.78 is 7.30. The van der Waals surface area contributed by atoms with Crippen molar-refractivity contribution in [1.29, 1.82) is 0 Å². The molecule has 0 aromatic carbocycles. The van der Waals surface area contributed by atoms with Crippen LogP contribution in [0.4, 0.5) is 17.5 Å². The van der Waals surface area contributed by atoms with Crippen molar-refractivity contribution in [2.24, 2.45) is 18.4 Å². The molecule has 0 saturated carbocycles. The van der Waals surface area contributed by atoms with Gasteiger partial charge in [-0.3, -0.25) is 9.58 Å². The minimum absolute atomic E-state index is 0.265. The van der Waals surface area contributed by atoms with Gasteiger partial charge in [0.05, 0.1) is 24.7 Å². The third-order valence-corrected chi connectivity index (χ3v) is 6.21. The van der Waals surface area contributed by atoms with Crippen molar-refractivity contribution in [2.45, 2.75) is 20.4 Å². The fraction of sp³-hybridized carbons (Fsp3) is 0.476. The molecule has 29 heavy (non-hydrogen) atoms. The molecule has 5 heterocycles. The number of aromatic nitrogens is 4. The zero-order valence-electron chi connectivity index (χ0n) is 17.2. The van der Waals surface area contributed by atoms with E-state index >= 15 is 0 Å². The Morgan fingerprint density at radius 2 is 2.17 bits per heavy atom. The molecule has 0 unspecified atom stereocenters. The molecule has 5 rings (SSSR count). The van der Waals surface area contributed by atoms with Crippen LogP contribution >= 0.6 is 0 Å². The number of rotatable bonds is 5. The Morgan fingerprint density at radius 3 is 2.90 bits per heavy atom. The van der Waals surface area contributed by atoms with E-state index in [1.54, 1.807) is 17.1 Å². The predicted molar refractivity (Wildman–Crippen MR) is 111 cm³/mol. The number of furan rings is 1. The molecule has 0 aliphatic carbocycles. The van der Waals surface area contributed by atoms with E-state index in [0.717, 1.165) is 55.6 Å². The van der Waals surface area contributed by atoms with E-state index in [-0.39, 0.29) is 5.41 Å². The summed E-state index contributed by atoms with van der Waals surface area (Å²) in [5.41, 5.74) is 2.26. The van der Waals surface area contributed by atoms with Crippen LogP contribution in [0.15, 0.2) is 41.4 Å². The first-order valence-electron chi connectivity index (χ1n) is 10.1. The summed E-state index contributed by atoms with van der Waals surface area (Å²) in [6, 6.07) is 4.02. The highest BCUT2D eigenvalue weighted by molar-refractivity contribution is 5.56. The Hall–Kier alpha value is -2.87. The molecule has 2 fully saturated rings. The van der Waals surface area contributed by atoms with Gasteiger partial charge in [-0.05, 0) is 25.0 Å². The number of hydrogen-bond acceptors (Lipinski definition) is 7. The molecule has 0 radical (unpaired) electrons. The van der Waals surface area contributed by atoms with Gasteiger partial charge in [-0.2, -0.15) is 10.1 Å². The number of hydrogen-bond donors (Lipinski definition) is 1. The van der Waals surface area contributed by atoms with Crippen LogP contribution in [0.1, 0.15) is 18.2 Å². The van der Waals surface area contributed by atoms with Crippen LogP contribution in [0.5, 0.6) is 0 Å². The Kier molecular flexibility index (Phi) is 4.31. The molecule has 8 nitrogen and oxygen atoms in total. The smallest absolute Gasteiger partial charge is 0.229 e.